The first-order chi connectivity index (χ1) is 11.2. The molecule has 3 rings (SSSR count). The van der Waals surface area contributed by atoms with Crippen LogP contribution in [-0.2, 0) is 18.8 Å². The van der Waals surface area contributed by atoms with Gasteiger partial charge in [-0.15, -0.1) is 0 Å². The second kappa shape index (κ2) is 5.50. The van der Waals surface area contributed by atoms with Crippen molar-refractivity contribution >= 4 is 12.0 Å². The number of hydrogen-bond donors (Lipinski definition) is 0. The van der Waals surface area contributed by atoms with Crippen LogP contribution in [0.25, 0.3) is 0 Å². The summed E-state index contributed by atoms with van der Waals surface area (Å²) in [5, 5.41) is 0. The maximum absolute atomic E-state index is 12.7. The molecule has 1 aromatic heterocycles. The van der Waals surface area contributed by atoms with Gasteiger partial charge in [-0.2, -0.15) is 0 Å². The van der Waals surface area contributed by atoms with E-state index in [4.69, 9.17) is 4.74 Å². The topological polar surface area (TPSA) is 93.9 Å². The third kappa shape index (κ3) is 2.49. The molecule has 2 fully saturated rings. The van der Waals surface area contributed by atoms with Crippen LogP contribution in [0.15, 0.2) is 15.7 Å². The lowest BCUT2D eigenvalue weighted by atomic mass is 9.91. The fourth-order valence-corrected chi connectivity index (χ4v) is 3.27. The summed E-state index contributed by atoms with van der Waals surface area (Å²) in [5.74, 6) is -0.361. The highest BCUT2D eigenvalue weighted by atomic mass is 16.6. The minimum Gasteiger partial charge on any atom is -0.441 e. The lowest BCUT2D eigenvalue weighted by molar-refractivity contribution is 0.00285. The largest absolute Gasteiger partial charge is 0.441 e. The van der Waals surface area contributed by atoms with Crippen molar-refractivity contribution in [1.29, 1.82) is 0 Å². The van der Waals surface area contributed by atoms with Gasteiger partial charge >= 0.3 is 11.8 Å². The zero-order chi connectivity index (χ0) is 17.6. The van der Waals surface area contributed by atoms with Crippen LogP contribution in [-0.4, -0.2) is 63.2 Å². The normalized spacial score (nSPS) is 19.7. The fourth-order valence-electron chi connectivity index (χ4n) is 3.27. The molecule has 0 radical (unpaired) electrons. The van der Waals surface area contributed by atoms with Crippen LogP contribution in [0.4, 0.5) is 4.79 Å². The standard InChI is InChI=1S/C15H20N4O5/c1-16-9-15(24-14(16)23)4-6-19(7-5-15)12(21)10-8-11(20)18(3)13(22)17(10)2/h8H,4-7,9H2,1-3H3. The molecule has 2 saturated heterocycles. The maximum atomic E-state index is 12.7. The van der Waals surface area contributed by atoms with Crippen molar-refractivity contribution in [3.05, 3.63) is 32.6 Å². The van der Waals surface area contributed by atoms with E-state index in [9.17, 15) is 19.2 Å². The van der Waals surface area contributed by atoms with E-state index in [2.05, 4.69) is 0 Å². The summed E-state index contributed by atoms with van der Waals surface area (Å²) in [5.41, 5.74) is -1.52. The Balaban J connectivity index is 1.78. The van der Waals surface area contributed by atoms with Crippen molar-refractivity contribution in [3.63, 3.8) is 0 Å². The van der Waals surface area contributed by atoms with Crippen molar-refractivity contribution in [2.75, 3.05) is 26.7 Å². The third-order valence-corrected chi connectivity index (χ3v) is 4.85. The van der Waals surface area contributed by atoms with Crippen molar-refractivity contribution < 1.29 is 14.3 Å². The minimum absolute atomic E-state index is 0.0691. The van der Waals surface area contributed by atoms with E-state index >= 15 is 0 Å². The van der Waals surface area contributed by atoms with Gasteiger partial charge in [-0.3, -0.25) is 18.7 Å². The Kier molecular flexibility index (Phi) is 3.73. The van der Waals surface area contributed by atoms with Gasteiger partial charge < -0.3 is 14.5 Å². The number of hydrogen-bond acceptors (Lipinski definition) is 5. The van der Waals surface area contributed by atoms with Gasteiger partial charge in [0.15, 0.2) is 0 Å². The van der Waals surface area contributed by atoms with Gasteiger partial charge in [-0.1, -0.05) is 0 Å². The molecule has 1 spiro atoms. The van der Waals surface area contributed by atoms with Crippen LogP contribution in [0, 0.1) is 0 Å². The molecule has 0 aromatic carbocycles. The van der Waals surface area contributed by atoms with Gasteiger partial charge in [-0.25, -0.2) is 9.59 Å². The number of nitrogens with zero attached hydrogens (tertiary/aromatic N) is 4. The molecular formula is C15H20N4O5. The summed E-state index contributed by atoms with van der Waals surface area (Å²) in [6.45, 7) is 1.32. The second-order valence-corrected chi connectivity index (χ2v) is 6.47. The van der Waals surface area contributed by atoms with Crippen LogP contribution in [0.2, 0.25) is 0 Å². The van der Waals surface area contributed by atoms with Gasteiger partial charge in [0, 0.05) is 53.1 Å². The molecule has 2 aliphatic heterocycles. The van der Waals surface area contributed by atoms with Crippen molar-refractivity contribution in [2.45, 2.75) is 18.4 Å². The predicted octanol–water partition coefficient (Wildman–Crippen LogP) is -0.859. The van der Waals surface area contributed by atoms with Crippen LogP contribution >= 0.6 is 0 Å². The average molecular weight is 336 g/mol. The first-order valence-electron chi connectivity index (χ1n) is 7.74. The SMILES string of the molecule is CN1CC2(CCN(C(=O)c3cc(=O)n(C)c(=O)n3C)CC2)OC1=O. The van der Waals surface area contributed by atoms with Crippen molar-refractivity contribution in [3.8, 4) is 0 Å². The van der Waals surface area contributed by atoms with Gasteiger partial charge in [0.05, 0.1) is 6.54 Å². The highest BCUT2D eigenvalue weighted by Gasteiger charge is 2.46. The predicted molar refractivity (Wildman–Crippen MR) is 83.9 cm³/mol. The van der Waals surface area contributed by atoms with E-state index < -0.39 is 16.9 Å². The molecule has 24 heavy (non-hydrogen) atoms. The molecule has 0 unspecified atom stereocenters. The highest BCUT2D eigenvalue weighted by Crippen LogP contribution is 2.32. The first-order valence-corrected chi connectivity index (χ1v) is 7.74. The molecule has 1 aromatic rings. The number of ether oxygens (including phenoxy) is 1. The number of amides is 2. The Morgan fingerprint density at radius 2 is 1.71 bits per heavy atom. The van der Waals surface area contributed by atoms with E-state index in [0.29, 0.717) is 32.5 Å². The summed E-state index contributed by atoms with van der Waals surface area (Å²) >= 11 is 0. The monoisotopic (exact) mass is 336 g/mol. The van der Waals surface area contributed by atoms with Crippen LogP contribution in [0.3, 0.4) is 0 Å². The Labute approximate surface area is 138 Å². The second-order valence-electron chi connectivity index (χ2n) is 6.47. The van der Waals surface area contributed by atoms with Crippen LogP contribution in [0.1, 0.15) is 23.3 Å². The molecule has 3 heterocycles. The first kappa shape index (κ1) is 16.3. The summed E-state index contributed by atoms with van der Waals surface area (Å²) < 4.78 is 7.59. The molecule has 2 amide bonds. The summed E-state index contributed by atoms with van der Waals surface area (Å²) in [6, 6.07) is 1.18. The third-order valence-electron chi connectivity index (χ3n) is 4.85. The molecule has 0 saturated carbocycles. The van der Waals surface area contributed by atoms with Gasteiger partial charge in [0.1, 0.15) is 11.3 Å². The molecule has 0 bridgehead atoms. The summed E-state index contributed by atoms with van der Waals surface area (Å²) in [7, 11) is 4.52. The highest BCUT2D eigenvalue weighted by molar-refractivity contribution is 5.92. The van der Waals surface area contributed by atoms with E-state index in [1.54, 1.807) is 11.9 Å². The van der Waals surface area contributed by atoms with Gasteiger partial charge in [-0.05, 0) is 0 Å². The number of rotatable bonds is 1. The molecule has 0 atom stereocenters. The molecule has 0 N–H and O–H groups in total. The Morgan fingerprint density at radius 3 is 2.25 bits per heavy atom. The zero-order valence-corrected chi connectivity index (χ0v) is 13.9. The zero-order valence-electron chi connectivity index (χ0n) is 13.9. The fraction of sp³-hybridized carbons (Fsp3) is 0.600. The number of carbonyl (C=O) groups excluding carboxylic acids is 2. The van der Waals surface area contributed by atoms with Crippen molar-refractivity contribution in [1.82, 2.24) is 18.9 Å². The number of likely N-dealkylation sites (tertiary alicyclic amines) is 1. The smallest absolute Gasteiger partial charge is 0.410 e. The Bertz CT molecular complexity index is 816. The van der Waals surface area contributed by atoms with Gasteiger partial charge in [0.2, 0.25) is 0 Å². The summed E-state index contributed by atoms with van der Waals surface area (Å²) in [4.78, 5) is 51.1. The van der Waals surface area contributed by atoms with Crippen LogP contribution in [0.5, 0.6) is 0 Å². The number of piperidine rings is 1. The molecule has 0 aliphatic carbocycles. The molecule has 2 aliphatic rings. The molecular weight excluding hydrogens is 316 g/mol. The average Bonchev–Trinajstić information content (AvgIpc) is 2.83. The maximum Gasteiger partial charge on any atom is 0.410 e. The quantitative estimate of drug-likeness (QED) is 0.665. The molecule has 9 heteroatoms. The van der Waals surface area contributed by atoms with E-state index in [1.165, 1.54) is 29.6 Å². The minimum atomic E-state index is -0.540. The van der Waals surface area contributed by atoms with E-state index in [1.807, 2.05) is 0 Å². The van der Waals surface area contributed by atoms with Crippen molar-refractivity contribution in [2.24, 2.45) is 14.1 Å². The van der Waals surface area contributed by atoms with Crippen LogP contribution < -0.4 is 11.2 Å². The number of aromatic nitrogens is 2. The summed E-state index contributed by atoms with van der Waals surface area (Å²) in [6.07, 6.45) is 0.727. The van der Waals surface area contributed by atoms with E-state index in [-0.39, 0.29) is 17.7 Å². The Morgan fingerprint density at radius 1 is 1.08 bits per heavy atom. The van der Waals surface area contributed by atoms with E-state index in [0.717, 1.165) is 4.57 Å². The Hall–Kier alpha value is -2.58. The molecule has 130 valence electrons. The lowest BCUT2D eigenvalue weighted by Crippen LogP contribution is -2.50. The lowest BCUT2D eigenvalue weighted by Gasteiger charge is -2.37. The van der Waals surface area contributed by atoms with Gasteiger partial charge in [0.25, 0.3) is 11.5 Å². The molecule has 9 nitrogen and oxygen atoms in total. The number of carbonyl (C=O) groups is 2. The number of likely N-dealkylation sites (N-methyl/N-ethyl adjacent to an activating group) is 1.